The van der Waals surface area contributed by atoms with Crippen molar-refractivity contribution in [3.8, 4) is 5.75 Å². The van der Waals surface area contributed by atoms with Crippen LogP contribution in [0.2, 0.25) is 5.02 Å². The summed E-state index contributed by atoms with van der Waals surface area (Å²) in [5, 5.41) is 3.36. The number of sulfonamides is 1. The van der Waals surface area contributed by atoms with E-state index in [4.69, 9.17) is 16.3 Å². The van der Waals surface area contributed by atoms with Crippen LogP contribution in [0.15, 0.2) is 47.4 Å². The van der Waals surface area contributed by atoms with Crippen LogP contribution >= 0.6 is 11.6 Å². The van der Waals surface area contributed by atoms with E-state index in [1.807, 2.05) is 0 Å². The van der Waals surface area contributed by atoms with Gasteiger partial charge in [-0.1, -0.05) is 23.7 Å². The highest BCUT2D eigenvalue weighted by atomic mass is 35.5. The summed E-state index contributed by atoms with van der Waals surface area (Å²) in [7, 11) is -2.14. The molecule has 0 unspecified atom stereocenters. The molecule has 0 radical (unpaired) electrons. The number of rotatable bonds is 5. The van der Waals surface area contributed by atoms with E-state index in [-0.39, 0.29) is 23.4 Å². The van der Waals surface area contributed by atoms with Crippen LogP contribution in [0.4, 0.5) is 0 Å². The third-order valence-electron chi connectivity index (χ3n) is 4.89. The molecule has 1 fully saturated rings. The molecule has 1 aliphatic heterocycles. The predicted octanol–water partition coefficient (Wildman–Crippen LogP) is 3.24. The number of methoxy groups -OCH3 is 1. The zero-order chi connectivity index (χ0) is 20.3. The fourth-order valence-corrected chi connectivity index (χ4v) is 5.32. The first kappa shape index (κ1) is 20.6. The van der Waals surface area contributed by atoms with Crippen LogP contribution < -0.4 is 10.1 Å². The molecule has 2 aromatic carbocycles. The summed E-state index contributed by atoms with van der Waals surface area (Å²) in [5.41, 5.74) is 1.01. The van der Waals surface area contributed by atoms with Crippen molar-refractivity contribution >= 4 is 27.5 Å². The Labute approximate surface area is 170 Å². The molecule has 1 amide bonds. The van der Waals surface area contributed by atoms with Crippen molar-refractivity contribution in [2.45, 2.75) is 30.7 Å². The van der Waals surface area contributed by atoms with Crippen molar-refractivity contribution in [3.05, 3.63) is 58.6 Å². The van der Waals surface area contributed by atoms with Gasteiger partial charge in [0.05, 0.1) is 12.0 Å². The van der Waals surface area contributed by atoms with Gasteiger partial charge in [0.1, 0.15) is 5.75 Å². The standard InChI is InChI=1S/C20H23ClN2O4S/c1-14-18(21)9-4-10-19(14)28(25,26)23-11-5-7-16(13-23)22-20(24)15-6-3-8-17(12-15)27-2/h3-4,6,8-10,12,16H,5,7,11,13H2,1-2H3,(H,22,24)/t16-/m0/s1. The molecule has 0 bridgehead atoms. The summed E-state index contributed by atoms with van der Waals surface area (Å²) in [6.07, 6.45) is 1.39. The number of nitrogens with zero attached hydrogens (tertiary/aromatic N) is 1. The van der Waals surface area contributed by atoms with Gasteiger partial charge in [0, 0.05) is 29.7 Å². The number of hydrogen-bond donors (Lipinski definition) is 1. The highest BCUT2D eigenvalue weighted by molar-refractivity contribution is 7.89. The van der Waals surface area contributed by atoms with E-state index in [2.05, 4.69) is 5.32 Å². The van der Waals surface area contributed by atoms with Crippen molar-refractivity contribution in [2.75, 3.05) is 20.2 Å². The molecule has 0 aromatic heterocycles. The quantitative estimate of drug-likeness (QED) is 0.802. The Morgan fingerprint density at radius 3 is 2.75 bits per heavy atom. The van der Waals surface area contributed by atoms with Gasteiger partial charge in [0.2, 0.25) is 10.0 Å². The molecule has 0 aliphatic carbocycles. The molecule has 1 N–H and O–H groups in total. The molecule has 0 saturated carbocycles. The van der Waals surface area contributed by atoms with E-state index in [1.54, 1.807) is 56.5 Å². The minimum absolute atomic E-state index is 0.208. The number of nitrogens with one attached hydrogen (secondary N) is 1. The van der Waals surface area contributed by atoms with Crippen LogP contribution in [0.3, 0.4) is 0 Å². The number of benzene rings is 2. The number of carbonyl (C=O) groups excluding carboxylic acids is 1. The number of hydrogen-bond acceptors (Lipinski definition) is 4. The maximum atomic E-state index is 13.1. The first-order valence-corrected chi connectivity index (χ1v) is 10.8. The Bertz CT molecular complexity index is 978. The van der Waals surface area contributed by atoms with E-state index < -0.39 is 10.0 Å². The molecule has 1 saturated heterocycles. The highest BCUT2D eigenvalue weighted by Gasteiger charge is 2.32. The predicted molar refractivity (Wildman–Crippen MR) is 108 cm³/mol. The van der Waals surface area contributed by atoms with E-state index in [1.165, 1.54) is 4.31 Å². The van der Waals surface area contributed by atoms with Gasteiger partial charge in [-0.25, -0.2) is 8.42 Å². The second kappa shape index (κ2) is 8.51. The molecular formula is C20H23ClN2O4S. The van der Waals surface area contributed by atoms with Crippen molar-refractivity contribution in [3.63, 3.8) is 0 Å². The Hall–Kier alpha value is -2.09. The third kappa shape index (κ3) is 4.32. The zero-order valence-electron chi connectivity index (χ0n) is 15.8. The van der Waals surface area contributed by atoms with Crippen molar-refractivity contribution in [2.24, 2.45) is 0 Å². The van der Waals surface area contributed by atoms with Gasteiger partial charge >= 0.3 is 0 Å². The smallest absolute Gasteiger partial charge is 0.251 e. The summed E-state index contributed by atoms with van der Waals surface area (Å²) in [6.45, 7) is 2.34. The van der Waals surface area contributed by atoms with Gasteiger partial charge in [-0.05, 0) is 55.7 Å². The molecule has 28 heavy (non-hydrogen) atoms. The molecule has 6 nitrogen and oxygen atoms in total. The lowest BCUT2D eigenvalue weighted by Crippen LogP contribution is -2.49. The number of piperidine rings is 1. The molecular weight excluding hydrogens is 400 g/mol. The average molecular weight is 423 g/mol. The van der Waals surface area contributed by atoms with Crippen molar-refractivity contribution < 1.29 is 17.9 Å². The van der Waals surface area contributed by atoms with Gasteiger partial charge in [0.15, 0.2) is 0 Å². The Kier molecular flexibility index (Phi) is 6.27. The van der Waals surface area contributed by atoms with Gasteiger partial charge < -0.3 is 10.1 Å². The SMILES string of the molecule is COc1cccc(C(=O)N[C@H]2CCCN(S(=O)(=O)c3cccc(Cl)c3C)C2)c1. The largest absolute Gasteiger partial charge is 0.497 e. The molecule has 8 heteroatoms. The van der Waals surface area contributed by atoms with Crippen LogP contribution in [-0.4, -0.2) is 44.9 Å². The highest BCUT2D eigenvalue weighted by Crippen LogP contribution is 2.27. The monoisotopic (exact) mass is 422 g/mol. The number of halogens is 1. The minimum Gasteiger partial charge on any atom is -0.497 e. The normalized spacial score (nSPS) is 17.9. The number of carbonyl (C=O) groups is 1. The van der Waals surface area contributed by atoms with E-state index in [0.29, 0.717) is 34.9 Å². The van der Waals surface area contributed by atoms with Crippen molar-refractivity contribution in [1.29, 1.82) is 0 Å². The maximum Gasteiger partial charge on any atom is 0.251 e. The molecule has 1 heterocycles. The van der Waals surface area contributed by atoms with Crippen LogP contribution in [0, 0.1) is 6.92 Å². The Balaban J connectivity index is 1.75. The maximum absolute atomic E-state index is 13.1. The average Bonchev–Trinajstić information content (AvgIpc) is 2.70. The van der Waals surface area contributed by atoms with Gasteiger partial charge in [-0.2, -0.15) is 4.31 Å². The summed E-state index contributed by atoms with van der Waals surface area (Å²) >= 11 is 6.10. The Morgan fingerprint density at radius 2 is 2.00 bits per heavy atom. The topological polar surface area (TPSA) is 75.7 Å². The van der Waals surface area contributed by atoms with Crippen LogP contribution in [0.1, 0.15) is 28.8 Å². The van der Waals surface area contributed by atoms with Gasteiger partial charge in [-0.15, -0.1) is 0 Å². The first-order valence-electron chi connectivity index (χ1n) is 9.03. The Morgan fingerprint density at radius 1 is 1.25 bits per heavy atom. The first-order chi connectivity index (χ1) is 13.3. The fraction of sp³-hybridized carbons (Fsp3) is 0.350. The van der Waals surface area contributed by atoms with E-state index in [9.17, 15) is 13.2 Å². The van der Waals surface area contributed by atoms with Crippen molar-refractivity contribution in [1.82, 2.24) is 9.62 Å². The van der Waals surface area contributed by atoms with Crippen LogP contribution in [0.5, 0.6) is 5.75 Å². The number of amides is 1. The second-order valence-electron chi connectivity index (χ2n) is 6.77. The lowest BCUT2D eigenvalue weighted by molar-refractivity contribution is 0.0921. The van der Waals surface area contributed by atoms with Crippen LogP contribution in [-0.2, 0) is 10.0 Å². The molecule has 150 valence electrons. The lowest BCUT2D eigenvalue weighted by atomic mass is 10.1. The molecule has 1 atom stereocenters. The summed E-state index contributed by atoms with van der Waals surface area (Å²) in [4.78, 5) is 12.8. The lowest BCUT2D eigenvalue weighted by Gasteiger charge is -2.32. The number of ether oxygens (including phenoxy) is 1. The summed E-state index contributed by atoms with van der Waals surface area (Å²) in [5.74, 6) is 0.346. The summed E-state index contributed by atoms with van der Waals surface area (Å²) in [6, 6.07) is 11.5. The third-order valence-corrected chi connectivity index (χ3v) is 7.31. The molecule has 3 rings (SSSR count). The molecule has 0 spiro atoms. The molecule has 2 aromatic rings. The van der Waals surface area contributed by atoms with E-state index in [0.717, 1.165) is 6.42 Å². The summed E-state index contributed by atoms with van der Waals surface area (Å²) < 4.78 is 32.7. The van der Waals surface area contributed by atoms with Gasteiger partial charge in [-0.3, -0.25) is 4.79 Å². The van der Waals surface area contributed by atoms with Gasteiger partial charge in [0.25, 0.3) is 5.91 Å². The molecule has 1 aliphatic rings. The fourth-order valence-electron chi connectivity index (χ4n) is 3.32. The van der Waals surface area contributed by atoms with E-state index >= 15 is 0 Å². The minimum atomic E-state index is -3.68. The second-order valence-corrected chi connectivity index (χ2v) is 9.08. The van der Waals surface area contributed by atoms with Crippen LogP contribution in [0.25, 0.3) is 0 Å². The zero-order valence-corrected chi connectivity index (χ0v) is 17.4.